The van der Waals surface area contributed by atoms with E-state index < -0.39 is 0 Å². The summed E-state index contributed by atoms with van der Waals surface area (Å²) in [4.78, 5) is 19.1. The lowest BCUT2D eigenvalue weighted by atomic mass is 10.1. The molecule has 0 saturated carbocycles. The molecule has 0 atom stereocenters. The Labute approximate surface area is 161 Å². The van der Waals surface area contributed by atoms with Crippen LogP contribution in [0.15, 0.2) is 89.6 Å². The molecule has 0 bridgehead atoms. The summed E-state index contributed by atoms with van der Waals surface area (Å²) in [6.07, 6.45) is 1.71. The number of hydrogen-bond donors (Lipinski definition) is 0. The molecule has 0 N–H and O–H groups in total. The van der Waals surface area contributed by atoms with Crippen molar-refractivity contribution in [2.45, 2.75) is 0 Å². The minimum Gasteiger partial charge on any atom is -0.266 e. The summed E-state index contributed by atoms with van der Waals surface area (Å²) in [5.74, 6) is -0.122. The van der Waals surface area contributed by atoms with Gasteiger partial charge in [-0.3, -0.25) is 9.69 Å². The van der Waals surface area contributed by atoms with Crippen LogP contribution in [0.3, 0.4) is 0 Å². The number of amides is 1. The fourth-order valence-corrected chi connectivity index (χ4v) is 2.97. The summed E-state index contributed by atoms with van der Waals surface area (Å²) in [6.45, 7) is 0. The van der Waals surface area contributed by atoms with E-state index in [1.807, 2.05) is 42.5 Å². The van der Waals surface area contributed by atoms with E-state index >= 15 is 0 Å². The van der Waals surface area contributed by atoms with Crippen LogP contribution >= 0.6 is 11.6 Å². The van der Waals surface area contributed by atoms with E-state index in [4.69, 9.17) is 11.6 Å². The lowest BCUT2D eigenvalue weighted by molar-refractivity contribution is -0.113. The molecule has 3 aromatic carbocycles. The van der Waals surface area contributed by atoms with Crippen molar-refractivity contribution in [3.8, 4) is 0 Å². The van der Waals surface area contributed by atoms with Crippen LogP contribution in [0.1, 0.15) is 11.1 Å². The van der Waals surface area contributed by atoms with E-state index in [-0.39, 0.29) is 11.7 Å². The molecule has 1 amide bonds. The topological polar surface area (TPSA) is 32.7 Å². The van der Waals surface area contributed by atoms with Gasteiger partial charge in [-0.2, -0.15) is 0 Å². The second kappa shape index (κ2) is 7.17. The van der Waals surface area contributed by atoms with Crippen LogP contribution in [-0.4, -0.2) is 11.7 Å². The quantitative estimate of drug-likeness (QED) is 0.570. The number of rotatable bonds is 3. The van der Waals surface area contributed by atoms with Crippen molar-refractivity contribution in [2.75, 3.05) is 4.90 Å². The zero-order valence-electron chi connectivity index (χ0n) is 14.1. The summed E-state index contributed by atoms with van der Waals surface area (Å²) in [7, 11) is 0. The van der Waals surface area contributed by atoms with E-state index in [1.54, 1.807) is 30.3 Å². The molecule has 0 aromatic heterocycles. The normalized spacial score (nSPS) is 15.3. The third kappa shape index (κ3) is 3.52. The first-order valence-electron chi connectivity index (χ1n) is 8.33. The van der Waals surface area contributed by atoms with Crippen molar-refractivity contribution in [1.82, 2.24) is 0 Å². The molecule has 0 fully saturated rings. The van der Waals surface area contributed by atoms with Gasteiger partial charge in [-0.15, -0.1) is 0 Å². The highest BCUT2D eigenvalue weighted by Gasteiger charge is 2.32. The van der Waals surface area contributed by atoms with Crippen molar-refractivity contribution in [3.63, 3.8) is 0 Å². The summed E-state index contributed by atoms with van der Waals surface area (Å²) in [6, 6.07) is 22.4. The van der Waals surface area contributed by atoms with Crippen LogP contribution in [0, 0.1) is 5.82 Å². The predicted molar refractivity (Wildman–Crippen MR) is 106 cm³/mol. The summed E-state index contributed by atoms with van der Waals surface area (Å²) < 4.78 is 13.3. The van der Waals surface area contributed by atoms with E-state index in [2.05, 4.69) is 4.99 Å². The molecular weight excluding hydrogens is 363 g/mol. The highest BCUT2D eigenvalue weighted by molar-refractivity contribution is 6.33. The zero-order chi connectivity index (χ0) is 18.8. The first-order valence-corrected chi connectivity index (χ1v) is 8.71. The molecule has 1 aliphatic heterocycles. The molecule has 27 heavy (non-hydrogen) atoms. The monoisotopic (exact) mass is 376 g/mol. The van der Waals surface area contributed by atoms with Gasteiger partial charge in [0.15, 0.2) is 0 Å². The maximum atomic E-state index is 13.3. The van der Waals surface area contributed by atoms with Crippen molar-refractivity contribution >= 4 is 35.1 Å². The second-order valence-corrected chi connectivity index (χ2v) is 6.44. The van der Waals surface area contributed by atoms with Gasteiger partial charge in [0.05, 0.1) is 5.69 Å². The Morgan fingerprint density at radius 2 is 1.56 bits per heavy atom. The Kier molecular flexibility index (Phi) is 4.57. The van der Waals surface area contributed by atoms with Gasteiger partial charge in [-0.05, 0) is 48.0 Å². The molecule has 3 aromatic rings. The third-order valence-corrected chi connectivity index (χ3v) is 4.40. The number of carbonyl (C=O) groups is 1. The Bertz CT molecular complexity index is 1040. The lowest BCUT2D eigenvalue weighted by Gasteiger charge is -2.18. The Balaban J connectivity index is 1.80. The molecular formula is C22H14ClFN2O. The standard InChI is InChI=1S/C22H14ClFN2O/c23-17-8-6-15(7-9-17)14-20-22(27)26(19-12-10-18(24)11-13-19)21(25-20)16-4-2-1-3-5-16/h1-14H/b20-14+. The van der Waals surface area contributed by atoms with E-state index in [0.29, 0.717) is 22.2 Å². The van der Waals surface area contributed by atoms with Crippen LogP contribution in [0.4, 0.5) is 10.1 Å². The number of benzene rings is 3. The first kappa shape index (κ1) is 17.2. The average molecular weight is 377 g/mol. The number of nitrogens with zero attached hydrogens (tertiary/aromatic N) is 2. The van der Waals surface area contributed by atoms with Gasteiger partial charge < -0.3 is 0 Å². The summed E-state index contributed by atoms with van der Waals surface area (Å²) >= 11 is 5.92. The second-order valence-electron chi connectivity index (χ2n) is 6.00. The van der Waals surface area contributed by atoms with Crippen LogP contribution in [-0.2, 0) is 4.79 Å². The molecule has 132 valence electrons. The summed E-state index contributed by atoms with van der Waals surface area (Å²) in [5.41, 5.74) is 2.48. The van der Waals surface area contributed by atoms with Crippen LogP contribution in [0.2, 0.25) is 5.02 Å². The fraction of sp³-hybridized carbons (Fsp3) is 0. The van der Waals surface area contributed by atoms with Crippen LogP contribution in [0.5, 0.6) is 0 Å². The highest BCUT2D eigenvalue weighted by Crippen LogP contribution is 2.28. The van der Waals surface area contributed by atoms with Gasteiger partial charge in [0.25, 0.3) is 5.91 Å². The first-order chi connectivity index (χ1) is 13.1. The molecule has 0 radical (unpaired) electrons. The zero-order valence-corrected chi connectivity index (χ0v) is 14.9. The van der Waals surface area contributed by atoms with Crippen LogP contribution < -0.4 is 4.90 Å². The number of amidine groups is 1. The number of hydrogen-bond acceptors (Lipinski definition) is 2. The third-order valence-electron chi connectivity index (χ3n) is 4.15. The number of aliphatic imine (C=N–C) groups is 1. The Hall–Kier alpha value is -3.24. The van der Waals surface area contributed by atoms with Gasteiger partial charge in [0.2, 0.25) is 0 Å². The smallest absolute Gasteiger partial charge is 0.266 e. The molecule has 1 heterocycles. The Morgan fingerprint density at radius 3 is 2.22 bits per heavy atom. The van der Waals surface area contributed by atoms with E-state index in [0.717, 1.165) is 11.1 Å². The van der Waals surface area contributed by atoms with Crippen molar-refractivity contribution in [1.29, 1.82) is 0 Å². The van der Waals surface area contributed by atoms with Crippen molar-refractivity contribution in [2.24, 2.45) is 4.99 Å². The van der Waals surface area contributed by atoms with E-state index in [9.17, 15) is 9.18 Å². The highest BCUT2D eigenvalue weighted by atomic mass is 35.5. The van der Waals surface area contributed by atoms with Crippen LogP contribution in [0.25, 0.3) is 6.08 Å². The molecule has 3 nitrogen and oxygen atoms in total. The Morgan fingerprint density at radius 1 is 0.889 bits per heavy atom. The van der Waals surface area contributed by atoms with E-state index in [1.165, 1.54) is 17.0 Å². The number of anilines is 1. The molecule has 1 aliphatic rings. The molecule has 5 heteroatoms. The minimum atomic E-state index is -0.361. The summed E-state index contributed by atoms with van der Waals surface area (Å²) in [5, 5.41) is 0.622. The largest absolute Gasteiger partial charge is 0.282 e. The number of carbonyl (C=O) groups excluding carboxylic acids is 1. The van der Waals surface area contributed by atoms with Crippen molar-refractivity contribution < 1.29 is 9.18 Å². The lowest BCUT2D eigenvalue weighted by Crippen LogP contribution is -2.32. The number of halogens is 2. The van der Waals surface area contributed by atoms with Gasteiger partial charge in [0, 0.05) is 10.6 Å². The van der Waals surface area contributed by atoms with Gasteiger partial charge in [-0.1, -0.05) is 54.1 Å². The average Bonchev–Trinajstić information content (AvgIpc) is 3.01. The van der Waals surface area contributed by atoms with Gasteiger partial charge in [0.1, 0.15) is 17.3 Å². The van der Waals surface area contributed by atoms with Gasteiger partial charge >= 0.3 is 0 Å². The SMILES string of the molecule is O=C1/C(=C\c2ccc(Cl)cc2)N=C(c2ccccc2)N1c1ccc(F)cc1. The molecule has 0 saturated heterocycles. The molecule has 4 rings (SSSR count). The maximum absolute atomic E-state index is 13.3. The van der Waals surface area contributed by atoms with Crippen molar-refractivity contribution in [3.05, 3.63) is 107 Å². The maximum Gasteiger partial charge on any atom is 0.282 e. The molecule has 0 aliphatic carbocycles. The minimum absolute atomic E-state index is 0.268. The predicted octanol–water partition coefficient (Wildman–Crippen LogP) is 5.31. The molecule has 0 unspecified atom stereocenters. The van der Waals surface area contributed by atoms with Gasteiger partial charge in [-0.25, -0.2) is 9.38 Å². The fourth-order valence-electron chi connectivity index (χ4n) is 2.84. The molecule has 0 spiro atoms.